The fourth-order valence-electron chi connectivity index (χ4n) is 1.26. The Kier molecular flexibility index (Phi) is 2.16. The normalized spacial score (nSPS) is 10.2. The van der Waals surface area contributed by atoms with Crippen LogP contribution in [0.2, 0.25) is 0 Å². The van der Waals surface area contributed by atoms with Crippen molar-refractivity contribution < 1.29 is 4.92 Å². The summed E-state index contributed by atoms with van der Waals surface area (Å²) in [6.07, 6.45) is 0. The monoisotopic (exact) mass is 220 g/mol. The Morgan fingerprint density at radius 2 is 2.12 bits per heavy atom. The highest BCUT2D eigenvalue weighted by molar-refractivity contribution is 5.60. The first kappa shape index (κ1) is 9.90. The quantitative estimate of drug-likeness (QED) is 0.421. The molecule has 2 rings (SSSR count). The summed E-state index contributed by atoms with van der Waals surface area (Å²) in [5.41, 5.74) is 5.85. The standard InChI is InChI=1S/C8H8N6O2/c9-8-12-11-7(13(8)10)5-2-1-3-6(4-5)14(15)16/h1-4H,10H2,(H2,9,12). The molecule has 0 aliphatic rings. The molecule has 8 nitrogen and oxygen atoms in total. The number of rotatable bonds is 2. The van der Waals surface area contributed by atoms with Crippen molar-refractivity contribution in [3.8, 4) is 11.4 Å². The van der Waals surface area contributed by atoms with E-state index in [-0.39, 0.29) is 17.5 Å². The summed E-state index contributed by atoms with van der Waals surface area (Å²) in [5, 5.41) is 17.9. The summed E-state index contributed by atoms with van der Waals surface area (Å²) in [6.45, 7) is 0. The number of nitrogens with two attached hydrogens (primary N) is 2. The summed E-state index contributed by atoms with van der Waals surface area (Å²) >= 11 is 0. The van der Waals surface area contributed by atoms with Crippen molar-refractivity contribution in [3.63, 3.8) is 0 Å². The number of benzene rings is 1. The van der Waals surface area contributed by atoms with Gasteiger partial charge in [0.2, 0.25) is 5.95 Å². The number of aromatic nitrogens is 3. The van der Waals surface area contributed by atoms with Crippen molar-refractivity contribution in [1.82, 2.24) is 14.9 Å². The van der Waals surface area contributed by atoms with Gasteiger partial charge in [-0.05, 0) is 0 Å². The average Bonchev–Trinajstić information content (AvgIpc) is 2.60. The molecule has 82 valence electrons. The minimum atomic E-state index is -0.496. The SMILES string of the molecule is Nc1nnc(-c2cccc([N+](=O)[O-])c2)n1N. The molecule has 0 fully saturated rings. The van der Waals surface area contributed by atoms with Crippen LogP contribution in [0.4, 0.5) is 11.6 Å². The summed E-state index contributed by atoms with van der Waals surface area (Å²) in [5.74, 6) is 5.88. The predicted octanol–water partition coefficient (Wildman–Crippen LogP) is 0.149. The minimum Gasteiger partial charge on any atom is -0.366 e. The highest BCUT2D eigenvalue weighted by atomic mass is 16.6. The fourth-order valence-corrected chi connectivity index (χ4v) is 1.26. The van der Waals surface area contributed by atoms with Crippen LogP contribution in [0.25, 0.3) is 11.4 Å². The largest absolute Gasteiger partial charge is 0.366 e. The van der Waals surface area contributed by atoms with Crippen molar-refractivity contribution >= 4 is 11.6 Å². The molecule has 0 bridgehead atoms. The smallest absolute Gasteiger partial charge is 0.270 e. The van der Waals surface area contributed by atoms with Gasteiger partial charge in [-0.1, -0.05) is 12.1 Å². The molecule has 8 heteroatoms. The first-order valence-electron chi connectivity index (χ1n) is 4.30. The highest BCUT2D eigenvalue weighted by Gasteiger charge is 2.12. The summed E-state index contributed by atoms with van der Waals surface area (Å²) < 4.78 is 1.07. The molecule has 1 aromatic carbocycles. The van der Waals surface area contributed by atoms with E-state index in [1.165, 1.54) is 12.1 Å². The van der Waals surface area contributed by atoms with E-state index in [0.29, 0.717) is 5.56 Å². The van der Waals surface area contributed by atoms with E-state index in [1.807, 2.05) is 0 Å². The van der Waals surface area contributed by atoms with E-state index >= 15 is 0 Å². The Morgan fingerprint density at radius 1 is 1.38 bits per heavy atom. The van der Waals surface area contributed by atoms with Gasteiger partial charge < -0.3 is 11.6 Å². The molecule has 0 aliphatic carbocycles. The zero-order valence-electron chi connectivity index (χ0n) is 8.07. The molecule has 0 atom stereocenters. The Labute approximate surface area is 89.6 Å². The van der Waals surface area contributed by atoms with Crippen LogP contribution in [-0.4, -0.2) is 19.8 Å². The van der Waals surface area contributed by atoms with Crippen LogP contribution in [0.15, 0.2) is 24.3 Å². The lowest BCUT2D eigenvalue weighted by molar-refractivity contribution is -0.384. The lowest BCUT2D eigenvalue weighted by atomic mass is 10.2. The predicted molar refractivity (Wildman–Crippen MR) is 56.7 cm³/mol. The molecule has 0 spiro atoms. The zero-order chi connectivity index (χ0) is 11.7. The van der Waals surface area contributed by atoms with Crippen molar-refractivity contribution in [2.24, 2.45) is 0 Å². The highest BCUT2D eigenvalue weighted by Crippen LogP contribution is 2.21. The molecule has 0 amide bonds. The number of nitrogens with zero attached hydrogens (tertiary/aromatic N) is 4. The number of anilines is 1. The molecule has 0 saturated heterocycles. The summed E-state index contributed by atoms with van der Waals surface area (Å²) in [6, 6.07) is 5.91. The lowest BCUT2D eigenvalue weighted by Gasteiger charge is -2.00. The second-order valence-corrected chi connectivity index (χ2v) is 3.06. The average molecular weight is 220 g/mol. The molecule has 2 aromatic rings. The number of nitro groups is 1. The van der Waals surface area contributed by atoms with Gasteiger partial charge in [-0.15, -0.1) is 10.2 Å². The van der Waals surface area contributed by atoms with E-state index in [1.54, 1.807) is 12.1 Å². The van der Waals surface area contributed by atoms with E-state index < -0.39 is 4.92 Å². The van der Waals surface area contributed by atoms with Crippen molar-refractivity contribution in [2.45, 2.75) is 0 Å². The van der Waals surface area contributed by atoms with Crippen LogP contribution >= 0.6 is 0 Å². The third-order valence-corrected chi connectivity index (χ3v) is 2.04. The second kappa shape index (κ2) is 3.50. The van der Waals surface area contributed by atoms with Crippen molar-refractivity contribution in [2.75, 3.05) is 11.6 Å². The van der Waals surface area contributed by atoms with Gasteiger partial charge in [-0.2, -0.15) is 0 Å². The Bertz CT molecular complexity index is 549. The van der Waals surface area contributed by atoms with Crippen LogP contribution in [0, 0.1) is 10.1 Å². The molecular weight excluding hydrogens is 212 g/mol. The fraction of sp³-hybridized carbons (Fsp3) is 0. The molecule has 0 aliphatic heterocycles. The molecule has 1 heterocycles. The molecule has 0 radical (unpaired) electrons. The maximum absolute atomic E-state index is 10.6. The van der Waals surface area contributed by atoms with E-state index in [0.717, 1.165) is 4.68 Å². The van der Waals surface area contributed by atoms with Crippen molar-refractivity contribution in [3.05, 3.63) is 34.4 Å². The Morgan fingerprint density at radius 3 is 2.69 bits per heavy atom. The molecule has 0 saturated carbocycles. The van der Waals surface area contributed by atoms with Crippen molar-refractivity contribution in [1.29, 1.82) is 0 Å². The van der Waals surface area contributed by atoms with Gasteiger partial charge in [0, 0.05) is 17.7 Å². The molecule has 1 aromatic heterocycles. The van der Waals surface area contributed by atoms with E-state index in [4.69, 9.17) is 11.6 Å². The van der Waals surface area contributed by atoms with Crippen LogP contribution in [0.3, 0.4) is 0 Å². The topological polar surface area (TPSA) is 126 Å². The summed E-state index contributed by atoms with van der Waals surface area (Å²) in [7, 11) is 0. The van der Waals surface area contributed by atoms with Gasteiger partial charge in [0.05, 0.1) is 4.92 Å². The first-order chi connectivity index (χ1) is 7.59. The minimum absolute atomic E-state index is 0.0425. The first-order valence-corrected chi connectivity index (χ1v) is 4.30. The third-order valence-electron chi connectivity index (χ3n) is 2.04. The van der Waals surface area contributed by atoms with Crippen LogP contribution in [0.5, 0.6) is 0 Å². The second-order valence-electron chi connectivity index (χ2n) is 3.06. The van der Waals surface area contributed by atoms with Gasteiger partial charge >= 0.3 is 0 Å². The van der Waals surface area contributed by atoms with Gasteiger partial charge in [-0.3, -0.25) is 10.1 Å². The number of hydrogen-bond donors (Lipinski definition) is 2. The van der Waals surface area contributed by atoms with Crippen LogP contribution in [-0.2, 0) is 0 Å². The molecule has 0 unspecified atom stereocenters. The Hall–Kier alpha value is -2.64. The van der Waals surface area contributed by atoms with Gasteiger partial charge in [0.15, 0.2) is 5.82 Å². The van der Waals surface area contributed by atoms with E-state index in [9.17, 15) is 10.1 Å². The van der Waals surface area contributed by atoms with E-state index in [2.05, 4.69) is 10.2 Å². The van der Waals surface area contributed by atoms with Gasteiger partial charge in [0.1, 0.15) is 0 Å². The molecular formula is C8H8N6O2. The third kappa shape index (κ3) is 1.52. The van der Waals surface area contributed by atoms with Gasteiger partial charge in [0.25, 0.3) is 5.69 Å². The number of nitrogen functional groups attached to an aromatic ring is 2. The number of hydrogen-bond acceptors (Lipinski definition) is 6. The summed E-state index contributed by atoms with van der Waals surface area (Å²) in [4.78, 5) is 10.1. The number of nitro benzene ring substituents is 1. The molecule has 16 heavy (non-hydrogen) atoms. The van der Waals surface area contributed by atoms with Crippen LogP contribution in [0.1, 0.15) is 0 Å². The number of non-ortho nitro benzene ring substituents is 1. The molecule has 4 N–H and O–H groups in total. The maximum atomic E-state index is 10.6. The van der Waals surface area contributed by atoms with Gasteiger partial charge in [-0.25, -0.2) is 4.68 Å². The van der Waals surface area contributed by atoms with Crippen LogP contribution < -0.4 is 11.6 Å². The maximum Gasteiger partial charge on any atom is 0.270 e. The Balaban J connectivity index is 2.52. The lowest BCUT2D eigenvalue weighted by Crippen LogP contribution is -2.13. The zero-order valence-corrected chi connectivity index (χ0v) is 8.07.